The number of carbonyl (C=O) groups is 1. The number of aldehydes is 1. The zero-order valence-corrected chi connectivity index (χ0v) is 8.95. The number of ether oxygens (including phenoxy) is 2. The number of methoxy groups -OCH3 is 2. The van der Waals surface area contributed by atoms with Gasteiger partial charge in [-0.25, -0.2) is 0 Å². The minimum atomic E-state index is 0.538. The predicted molar refractivity (Wildman–Crippen MR) is 58.8 cm³/mol. The van der Waals surface area contributed by atoms with Crippen LogP contribution in [-0.4, -0.2) is 20.5 Å². The molecule has 15 heavy (non-hydrogen) atoms. The van der Waals surface area contributed by atoms with Crippen LogP contribution in [0.1, 0.15) is 15.9 Å². The van der Waals surface area contributed by atoms with E-state index in [0.29, 0.717) is 23.5 Å². The summed E-state index contributed by atoms with van der Waals surface area (Å²) in [6.07, 6.45) is 3.18. The Balaban J connectivity index is 3.31. The zero-order chi connectivity index (χ0) is 11.3. The van der Waals surface area contributed by atoms with Gasteiger partial charge in [0, 0.05) is 11.1 Å². The van der Waals surface area contributed by atoms with Crippen molar-refractivity contribution in [3.8, 4) is 11.5 Å². The van der Waals surface area contributed by atoms with Crippen molar-refractivity contribution in [1.82, 2.24) is 0 Å². The average Bonchev–Trinajstić information content (AvgIpc) is 2.29. The number of benzene rings is 1. The van der Waals surface area contributed by atoms with Gasteiger partial charge < -0.3 is 9.47 Å². The van der Waals surface area contributed by atoms with Crippen molar-refractivity contribution < 1.29 is 14.3 Å². The maximum Gasteiger partial charge on any atom is 0.150 e. The van der Waals surface area contributed by atoms with Crippen molar-refractivity contribution >= 4 is 6.29 Å². The van der Waals surface area contributed by atoms with Crippen LogP contribution in [-0.2, 0) is 6.42 Å². The van der Waals surface area contributed by atoms with Gasteiger partial charge in [0.15, 0.2) is 0 Å². The van der Waals surface area contributed by atoms with Crippen molar-refractivity contribution in [2.45, 2.75) is 6.42 Å². The van der Waals surface area contributed by atoms with Crippen molar-refractivity contribution in [2.75, 3.05) is 14.2 Å². The van der Waals surface area contributed by atoms with E-state index in [0.717, 1.165) is 11.8 Å². The molecule has 80 valence electrons. The van der Waals surface area contributed by atoms with Gasteiger partial charge in [0.1, 0.15) is 17.8 Å². The highest BCUT2D eigenvalue weighted by Crippen LogP contribution is 2.30. The standard InChI is InChI=1S/C12H14O3/c1-4-5-10-11(14-2)6-9(8-13)7-12(10)15-3/h4,6-8H,1,5H2,2-3H3. The Kier molecular flexibility index (Phi) is 3.92. The first-order valence-corrected chi connectivity index (χ1v) is 4.57. The second kappa shape index (κ2) is 5.20. The molecule has 0 amide bonds. The number of allylic oxidation sites excluding steroid dienone is 1. The van der Waals surface area contributed by atoms with Crippen molar-refractivity contribution in [3.63, 3.8) is 0 Å². The molecule has 0 radical (unpaired) electrons. The van der Waals surface area contributed by atoms with E-state index >= 15 is 0 Å². The lowest BCUT2D eigenvalue weighted by Crippen LogP contribution is -1.97. The van der Waals surface area contributed by atoms with Gasteiger partial charge in [-0.15, -0.1) is 6.58 Å². The molecule has 0 saturated carbocycles. The fraction of sp³-hybridized carbons (Fsp3) is 0.250. The van der Waals surface area contributed by atoms with Crippen LogP contribution in [0.4, 0.5) is 0 Å². The van der Waals surface area contributed by atoms with E-state index in [9.17, 15) is 4.79 Å². The molecule has 1 aromatic rings. The lowest BCUT2D eigenvalue weighted by molar-refractivity contribution is 0.112. The molecule has 0 aliphatic rings. The van der Waals surface area contributed by atoms with E-state index in [1.165, 1.54) is 0 Å². The fourth-order valence-corrected chi connectivity index (χ4v) is 1.42. The third-order valence-electron chi connectivity index (χ3n) is 2.11. The third-order valence-corrected chi connectivity index (χ3v) is 2.11. The van der Waals surface area contributed by atoms with Gasteiger partial charge in [-0.3, -0.25) is 4.79 Å². The molecule has 0 bridgehead atoms. The maximum absolute atomic E-state index is 10.7. The van der Waals surface area contributed by atoms with Gasteiger partial charge in [0.05, 0.1) is 14.2 Å². The van der Waals surface area contributed by atoms with Gasteiger partial charge in [0.25, 0.3) is 0 Å². The summed E-state index contributed by atoms with van der Waals surface area (Å²) in [5, 5.41) is 0. The summed E-state index contributed by atoms with van der Waals surface area (Å²) in [5.41, 5.74) is 1.44. The number of hydrogen-bond acceptors (Lipinski definition) is 3. The highest BCUT2D eigenvalue weighted by atomic mass is 16.5. The summed E-state index contributed by atoms with van der Waals surface area (Å²) in [6.45, 7) is 3.67. The van der Waals surface area contributed by atoms with Gasteiger partial charge in [-0.1, -0.05) is 6.08 Å². The van der Waals surface area contributed by atoms with Crippen LogP contribution < -0.4 is 9.47 Å². The first-order valence-electron chi connectivity index (χ1n) is 4.57. The molecule has 1 aromatic carbocycles. The Hall–Kier alpha value is -1.77. The lowest BCUT2D eigenvalue weighted by atomic mass is 10.1. The molecule has 0 aliphatic carbocycles. The molecule has 0 N–H and O–H groups in total. The van der Waals surface area contributed by atoms with Crippen LogP contribution in [0.2, 0.25) is 0 Å². The van der Waals surface area contributed by atoms with Crippen LogP contribution in [0.15, 0.2) is 24.8 Å². The average molecular weight is 206 g/mol. The Morgan fingerprint density at radius 1 is 1.27 bits per heavy atom. The topological polar surface area (TPSA) is 35.5 Å². The van der Waals surface area contributed by atoms with Crippen LogP contribution in [0.5, 0.6) is 11.5 Å². The highest BCUT2D eigenvalue weighted by Gasteiger charge is 2.10. The van der Waals surface area contributed by atoms with Gasteiger partial charge in [-0.2, -0.15) is 0 Å². The van der Waals surface area contributed by atoms with Crippen LogP contribution in [0.3, 0.4) is 0 Å². The molecular formula is C12H14O3. The normalized spacial score (nSPS) is 9.47. The summed E-state index contributed by atoms with van der Waals surface area (Å²) < 4.78 is 10.4. The van der Waals surface area contributed by atoms with Gasteiger partial charge in [0.2, 0.25) is 0 Å². The summed E-state index contributed by atoms with van der Waals surface area (Å²) in [6, 6.07) is 3.38. The zero-order valence-electron chi connectivity index (χ0n) is 8.95. The second-order valence-electron chi connectivity index (χ2n) is 3.01. The summed E-state index contributed by atoms with van der Waals surface area (Å²) in [7, 11) is 3.13. The van der Waals surface area contributed by atoms with Gasteiger partial charge >= 0.3 is 0 Å². The molecule has 0 fully saturated rings. The molecule has 0 atom stereocenters. The fourth-order valence-electron chi connectivity index (χ4n) is 1.42. The number of hydrogen-bond donors (Lipinski definition) is 0. The molecule has 0 spiro atoms. The molecule has 1 rings (SSSR count). The first-order chi connectivity index (χ1) is 7.26. The molecule has 0 aromatic heterocycles. The molecule has 3 nitrogen and oxygen atoms in total. The largest absolute Gasteiger partial charge is 0.496 e. The van der Waals surface area contributed by atoms with E-state index < -0.39 is 0 Å². The van der Waals surface area contributed by atoms with Crippen LogP contribution in [0, 0.1) is 0 Å². The predicted octanol–water partition coefficient (Wildman–Crippen LogP) is 2.24. The lowest BCUT2D eigenvalue weighted by Gasteiger charge is -2.12. The van der Waals surface area contributed by atoms with Crippen LogP contribution in [0.25, 0.3) is 0 Å². The van der Waals surface area contributed by atoms with E-state index in [4.69, 9.17) is 9.47 Å². The maximum atomic E-state index is 10.7. The summed E-state index contributed by atoms with van der Waals surface area (Å²) >= 11 is 0. The molecule has 0 saturated heterocycles. The van der Waals surface area contributed by atoms with Crippen molar-refractivity contribution in [2.24, 2.45) is 0 Å². The Bertz CT molecular complexity index is 344. The van der Waals surface area contributed by atoms with Crippen molar-refractivity contribution in [1.29, 1.82) is 0 Å². The van der Waals surface area contributed by atoms with Gasteiger partial charge in [-0.05, 0) is 18.6 Å². The van der Waals surface area contributed by atoms with E-state index in [-0.39, 0.29) is 0 Å². The van der Waals surface area contributed by atoms with E-state index in [1.54, 1.807) is 32.4 Å². The molecule has 3 heteroatoms. The number of carbonyl (C=O) groups excluding carboxylic acids is 1. The monoisotopic (exact) mass is 206 g/mol. The number of rotatable bonds is 5. The molecule has 0 aliphatic heterocycles. The first kappa shape index (κ1) is 11.3. The minimum absolute atomic E-state index is 0.538. The van der Waals surface area contributed by atoms with E-state index in [2.05, 4.69) is 6.58 Å². The van der Waals surface area contributed by atoms with E-state index in [1.807, 2.05) is 0 Å². The smallest absolute Gasteiger partial charge is 0.150 e. The Morgan fingerprint density at radius 2 is 1.80 bits per heavy atom. The highest BCUT2D eigenvalue weighted by molar-refractivity contribution is 5.77. The quantitative estimate of drug-likeness (QED) is 0.547. The molecular weight excluding hydrogens is 192 g/mol. The Morgan fingerprint density at radius 3 is 2.13 bits per heavy atom. The molecule has 0 unspecified atom stereocenters. The Labute approximate surface area is 89.3 Å². The summed E-state index contributed by atoms with van der Waals surface area (Å²) in [4.78, 5) is 10.7. The van der Waals surface area contributed by atoms with Crippen molar-refractivity contribution in [3.05, 3.63) is 35.9 Å². The van der Waals surface area contributed by atoms with Crippen LogP contribution >= 0.6 is 0 Å². The summed E-state index contributed by atoms with van der Waals surface area (Å²) in [5.74, 6) is 1.30. The molecule has 0 heterocycles. The minimum Gasteiger partial charge on any atom is -0.496 e. The third kappa shape index (κ3) is 2.37. The second-order valence-corrected chi connectivity index (χ2v) is 3.01. The SMILES string of the molecule is C=CCc1c(OC)cc(C=O)cc1OC.